The highest BCUT2D eigenvalue weighted by Gasteiger charge is 2.15. The number of rotatable bonds is 5. The second kappa shape index (κ2) is 7.65. The molecule has 0 atom stereocenters. The van der Waals surface area contributed by atoms with E-state index in [9.17, 15) is 9.59 Å². The zero-order valence-corrected chi connectivity index (χ0v) is 13.5. The molecule has 0 fully saturated rings. The van der Waals surface area contributed by atoms with E-state index in [-0.39, 0.29) is 23.8 Å². The van der Waals surface area contributed by atoms with Crippen molar-refractivity contribution < 1.29 is 19.1 Å². The molecule has 0 aromatic heterocycles. The molecule has 1 amide bonds. The lowest BCUT2D eigenvalue weighted by atomic mass is 10.2. The van der Waals surface area contributed by atoms with Crippen LogP contribution < -0.4 is 10.1 Å². The fourth-order valence-corrected chi connectivity index (χ4v) is 2.12. The minimum absolute atomic E-state index is 0.198. The lowest BCUT2D eigenvalue weighted by molar-refractivity contribution is -0.118. The number of nitrogens with one attached hydrogen (secondary N) is 1. The number of anilines is 1. The van der Waals surface area contributed by atoms with Crippen LogP contribution in [-0.2, 0) is 9.53 Å². The van der Waals surface area contributed by atoms with E-state index in [1.54, 1.807) is 12.1 Å². The van der Waals surface area contributed by atoms with Gasteiger partial charge in [-0.25, -0.2) is 4.79 Å². The van der Waals surface area contributed by atoms with Crippen molar-refractivity contribution in [2.75, 3.05) is 19.0 Å². The summed E-state index contributed by atoms with van der Waals surface area (Å²) >= 11 is 5.89. The van der Waals surface area contributed by atoms with E-state index < -0.39 is 5.97 Å². The topological polar surface area (TPSA) is 64.6 Å². The molecule has 0 spiro atoms. The smallest absolute Gasteiger partial charge is 0.341 e. The fourth-order valence-electron chi connectivity index (χ4n) is 1.96. The maximum atomic E-state index is 11.9. The Morgan fingerprint density at radius 3 is 2.65 bits per heavy atom. The van der Waals surface area contributed by atoms with Crippen molar-refractivity contribution in [2.24, 2.45) is 0 Å². The highest BCUT2D eigenvalue weighted by Crippen LogP contribution is 2.24. The SMILES string of the molecule is COC(=O)c1ccc(Cl)cc1OCC(=O)Nc1cccc(C)c1. The summed E-state index contributed by atoms with van der Waals surface area (Å²) in [5.41, 5.74) is 1.92. The van der Waals surface area contributed by atoms with Crippen LogP contribution in [0.15, 0.2) is 42.5 Å². The van der Waals surface area contributed by atoms with Gasteiger partial charge < -0.3 is 14.8 Å². The second-order valence-electron chi connectivity index (χ2n) is 4.84. The van der Waals surface area contributed by atoms with E-state index in [0.29, 0.717) is 10.7 Å². The Labute approximate surface area is 139 Å². The van der Waals surface area contributed by atoms with Crippen LogP contribution in [0.4, 0.5) is 5.69 Å². The highest BCUT2D eigenvalue weighted by molar-refractivity contribution is 6.30. The standard InChI is InChI=1S/C17H16ClNO4/c1-11-4-3-5-13(8-11)19-16(20)10-23-15-9-12(18)6-7-14(15)17(21)22-2/h3-9H,10H2,1-2H3,(H,19,20). The minimum atomic E-state index is -0.559. The maximum absolute atomic E-state index is 11.9. The molecule has 1 N–H and O–H groups in total. The Balaban J connectivity index is 2.04. The number of esters is 1. The molecule has 0 radical (unpaired) electrons. The van der Waals surface area contributed by atoms with Gasteiger partial charge in [0.1, 0.15) is 11.3 Å². The van der Waals surface area contributed by atoms with Gasteiger partial charge in [0, 0.05) is 10.7 Å². The summed E-state index contributed by atoms with van der Waals surface area (Å²) in [7, 11) is 1.27. The molecule has 23 heavy (non-hydrogen) atoms. The number of methoxy groups -OCH3 is 1. The van der Waals surface area contributed by atoms with Gasteiger partial charge in [0.05, 0.1) is 7.11 Å². The molecule has 0 heterocycles. The quantitative estimate of drug-likeness (QED) is 0.851. The normalized spacial score (nSPS) is 10.0. The summed E-state index contributed by atoms with van der Waals surface area (Å²) in [6.45, 7) is 1.68. The Morgan fingerprint density at radius 2 is 1.96 bits per heavy atom. The summed E-state index contributed by atoms with van der Waals surface area (Å²) in [5.74, 6) is -0.703. The number of ether oxygens (including phenoxy) is 2. The van der Waals surface area contributed by atoms with Crippen LogP contribution in [0.1, 0.15) is 15.9 Å². The minimum Gasteiger partial charge on any atom is -0.483 e. The van der Waals surface area contributed by atoms with E-state index in [2.05, 4.69) is 10.1 Å². The molecule has 120 valence electrons. The number of halogens is 1. The highest BCUT2D eigenvalue weighted by atomic mass is 35.5. The summed E-state index contributed by atoms with van der Waals surface area (Å²) in [4.78, 5) is 23.6. The van der Waals surface area contributed by atoms with E-state index in [1.165, 1.54) is 19.2 Å². The molecule has 2 aromatic rings. The number of benzene rings is 2. The monoisotopic (exact) mass is 333 g/mol. The average Bonchev–Trinajstić information content (AvgIpc) is 2.52. The number of carbonyl (C=O) groups excluding carboxylic acids is 2. The van der Waals surface area contributed by atoms with Crippen LogP contribution in [-0.4, -0.2) is 25.6 Å². The van der Waals surface area contributed by atoms with Gasteiger partial charge in [-0.3, -0.25) is 4.79 Å². The Bertz CT molecular complexity index is 730. The third-order valence-corrected chi connectivity index (χ3v) is 3.24. The van der Waals surface area contributed by atoms with Crippen LogP contribution in [0.2, 0.25) is 5.02 Å². The predicted octanol–water partition coefficient (Wildman–Crippen LogP) is 3.45. The van der Waals surface area contributed by atoms with Crippen molar-refractivity contribution in [2.45, 2.75) is 6.92 Å². The van der Waals surface area contributed by atoms with Crippen LogP contribution in [0.5, 0.6) is 5.75 Å². The Morgan fingerprint density at radius 1 is 1.17 bits per heavy atom. The van der Waals surface area contributed by atoms with Crippen LogP contribution in [0.3, 0.4) is 0 Å². The van der Waals surface area contributed by atoms with Crippen LogP contribution in [0.25, 0.3) is 0 Å². The van der Waals surface area contributed by atoms with Gasteiger partial charge in [0.25, 0.3) is 5.91 Å². The van der Waals surface area contributed by atoms with Crippen molar-refractivity contribution in [3.63, 3.8) is 0 Å². The Hall–Kier alpha value is -2.53. The number of amides is 1. The maximum Gasteiger partial charge on any atom is 0.341 e. The summed E-state index contributed by atoms with van der Waals surface area (Å²) in [6.07, 6.45) is 0. The van der Waals surface area contributed by atoms with Gasteiger partial charge in [-0.05, 0) is 42.8 Å². The van der Waals surface area contributed by atoms with Crippen molar-refractivity contribution in [1.29, 1.82) is 0 Å². The van der Waals surface area contributed by atoms with Gasteiger partial charge in [-0.1, -0.05) is 23.7 Å². The van der Waals surface area contributed by atoms with Crippen LogP contribution >= 0.6 is 11.6 Å². The molecular formula is C17H16ClNO4. The first-order chi connectivity index (χ1) is 11.0. The zero-order valence-electron chi connectivity index (χ0n) is 12.8. The number of hydrogen-bond acceptors (Lipinski definition) is 4. The Kier molecular flexibility index (Phi) is 5.60. The van der Waals surface area contributed by atoms with Crippen LogP contribution in [0, 0.1) is 6.92 Å². The zero-order chi connectivity index (χ0) is 16.8. The third kappa shape index (κ3) is 4.72. The third-order valence-electron chi connectivity index (χ3n) is 3.01. The molecule has 2 aromatic carbocycles. The summed E-state index contributed by atoms with van der Waals surface area (Å²) < 4.78 is 10.1. The number of hydrogen-bond donors (Lipinski definition) is 1. The molecule has 0 saturated carbocycles. The van der Waals surface area contributed by atoms with E-state index >= 15 is 0 Å². The van der Waals surface area contributed by atoms with Gasteiger partial charge in [-0.2, -0.15) is 0 Å². The molecule has 0 aliphatic carbocycles. The predicted molar refractivity (Wildman–Crippen MR) is 88.1 cm³/mol. The first-order valence-corrected chi connectivity index (χ1v) is 7.24. The molecule has 0 bridgehead atoms. The molecule has 0 aliphatic rings. The van der Waals surface area contributed by atoms with E-state index in [4.69, 9.17) is 16.3 Å². The second-order valence-corrected chi connectivity index (χ2v) is 5.27. The van der Waals surface area contributed by atoms with Crippen molar-refractivity contribution >= 4 is 29.2 Å². The molecule has 0 saturated heterocycles. The largest absolute Gasteiger partial charge is 0.483 e. The van der Waals surface area contributed by atoms with Crippen molar-refractivity contribution in [1.82, 2.24) is 0 Å². The lowest BCUT2D eigenvalue weighted by Crippen LogP contribution is -2.21. The van der Waals surface area contributed by atoms with Gasteiger partial charge >= 0.3 is 5.97 Å². The number of aryl methyl sites for hydroxylation is 1. The molecule has 2 rings (SSSR count). The molecule has 6 heteroatoms. The van der Waals surface area contributed by atoms with Gasteiger partial charge in [0.2, 0.25) is 0 Å². The average molecular weight is 334 g/mol. The first kappa shape index (κ1) is 16.8. The van der Waals surface area contributed by atoms with E-state index in [0.717, 1.165) is 5.56 Å². The van der Waals surface area contributed by atoms with E-state index in [1.807, 2.05) is 25.1 Å². The summed E-state index contributed by atoms with van der Waals surface area (Å²) in [5, 5.41) is 3.11. The molecule has 5 nitrogen and oxygen atoms in total. The van der Waals surface area contributed by atoms with Crippen molar-refractivity contribution in [3.8, 4) is 5.75 Å². The molecular weight excluding hydrogens is 318 g/mol. The van der Waals surface area contributed by atoms with Gasteiger partial charge in [-0.15, -0.1) is 0 Å². The fraction of sp³-hybridized carbons (Fsp3) is 0.176. The molecule has 0 aliphatic heterocycles. The first-order valence-electron chi connectivity index (χ1n) is 6.87. The molecule has 0 unspecified atom stereocenters. The number of carbonyl (C=O) groups is 2. The van der Waals surface area contributed by atoms with Crippen molar-refractivity contribution in [3.05, 3.63) is 58.6 Å². The lowest BCUT2D eigenvalue weighted by Gasteiger charge is -2.11. The van der Waals surface area contributed by atoms with Gasteiger partial charge in [0.15, 0.2) is 6.61 Å². The summed E-state index contributed by atoms with van der Waals surface area (Å²) in [6, 6.07) is 11.9.